The summed E-state index contributed by atoms with van der Waals surface area (Å²) in [5, 5.41) is 6.53. The fourth-order valence-electron chi connectivity index (χ4n) is 3.08. The summed E-state index contributed by atoms with van der Waals surface area (Å²) in [5.41, 5.74) is 2.51. The Morgan fingerprint density at radius 2 is 2.05 bits per heavy atom. The van der Waals surface area contributed by atoms with Crippen LogP contribution in [-0.2, 0) is 11.2 Å². The first kappa shape index (κ1) is 16.0. The maximum Gasteiger partial charge on any atom is 0.238 e. The molecule has 0 bridgehead atoms. The number of nitrogens with one attached hydrogen (secondary N) is 2. The molecule has 2 atom stereocenters. The van der Waals surface area contributed by atoms with Gasteiger partial charge in [0.2, 0.25) is 5.91 Å². The van der Waals surface area contributed by atoms with Crippen molar-refractivity contribution >= 4 is 5.91 Å². The minimum Gasteiger partial charge on any atom is -0.348 e. The van der Waals surface area contributed by atoms with Gasteiger partial charge in [-0.1, -0.05) is 45.0 Å². The van der Waals surface area contributed by atoms with E-state index < -0.39 is 0 Å². The first-order chi connectivity index (χ1) is 9.94. The van der Waals surface area contributed by atoms with Crippen LogP contribution in [0.25, 0.3) is 0 Å². The number of piperidine rings is 1. The predicted octanol–water partition coefficient (Wildman–Crippen LogP) is 3.20. The molecule has 1 aromatic carbocycles. The van der Waals surface area contributed by atoms with Crippen LogP contribution < -0.4 is 10.6 Å². The number of carbonyl (C=O) groups is 1. The van der Waals surface area contributed by atoms with E-state index in [1.807, 2.05) is 0 Å². The molecule has 1 aliphatic heterocycles. The molecule has 2 unspecified atom stereocenters. The zero-order valence-electron chi connectivity index (χ0n) is 13.7. The summed E-state index contributed by atoms with van der Waals surface area (Å²) >= 11 is 0. The Balaban J connectivity index is 2.00. The van der Waals surface area contributed by atoms with Gasteiger partial charge in [0.1, 0.15) is 0 Å². The molecule has 1 saturated heterocycles. The fourth-order valence-corrected chi connectivity index (χ4v) is 3.08. The summed E-state index contributed by atoms with van der Waals surface area (Å²) in [4.78, 5) is 12.5. The maximum absolute atomic E-state index is 12.5. The molecule has 1 aromatic rings. The first-order valence-corrected chi connectivity index (χ1v) is 8.06. The molecule has 0 aromatic heterocycles. The van der Waals surface area contributed by atoms with Crippen molar-refractivity contribution < 1.29 is 4.79 Å². The van der Waals surface area contributed by atoms with Crippen molar-refractivity contribution in [3.8, 4) is 0 Å². The lowest BCUT2D eigenvalue weighted by Crippen LogP contribution is -2.55. The Kier molecular flexibility index (Phi) is 5.04. The SMILES string of the molecule is CCc1ccc(C(C)NC(=O)C2NCCCC2(C)C)cc1. The molecule has 0 saturated carbocycles. The van der Waals surface area contributed by atoms with Crippen LogP contribution in [-0.4, -0.2) is 18.5 Å². The highest BCUT2D eigenvalue weighted by molar-refractivity contribution is 5.83. The molecule has 2 rings (SSSR count). The standard InChI is InChI=1S/C18H28N2O/c1-5-14-7-9-15(10-8-14)13(2)20-17(21)16-18(3,4)11-6-12-19-16/h7-10,13,16,19H,5-6,11-12H2,1-4H3,(H,20,21). The molecule has 1 amide bonds. The van der Waals surface area contributed by atoms with Crippen molar-refractivity contribution in [3.05, 3.63) is 35.4 Å². The predicted molar refractivity (Wildman–Crippen MR) is 87.2 cm³/mol. The van der Waals surface area contributed by atoms with Crippen molar-refractivity contribution in [3.63, 3.8) is 0 Å². The highest BCUT2D eigenvalue weighted by Gasteiger charge is 2.37. The Morgan fingerprint density at radius 3 is 2.62 bits per heavy atom. The average Bonchev–Trinajstić information content (AvgIpc) is 2.46. The smallest absolute Gasteiger partial charge is 0.238 e. The van der Waals surface area contributed by atoms with Gasteiger partial charge in [-0.15, -0.1) is 0 Å². The van der Waals surface area contributed by atoms with Crippen LogP contribution in [0.5, 0.6) is 0 Å². The first-order valence-electron chi connectivity index (χ1n) is 8.06. The zero-order chi connectivity index (χ0) is 15.5. The van der Waals surface area contributed by atoms with Gasteiger partial charge in [-0.05, 0) is 49.3 Å². The fraction of sp³-hybridized carbons (Fsp3) is 0.611. The van der Waals surface area contributed by atoms with Crippen LogP contribution in [0, 0.1) is 5.41 Å². The van der Waals surface area contributed by atoms with Gasteiger partial charge in [-0.3, -0.25) is 4.79 Å². The molecule has 21 heavy (non-hydrogen) atoms. The minimum atomic E-state index is -0.0939. The van der Waals surface area contributed by atoms with Gasteiger partial charge in [-0.2, -0.15) is 0 Å². The molecule has 0 aliphatic carbocycles. The molecule has 116 valence electrons. The monoisotopic (exact) mass is 288 g/mol. The van der Waals surface area contributed by atoms with Gasteiger partial charge in [0.05, 0.1) is 12.1 Å². The number of hydrogen-bond donors (Lipinski definition) is 2. The molecule has 0 radical (unpaired) electrons. The van der Waals surface area contributed by atoms with Gasteiger partial charge < -0.3 is 10.6 Å². The highest BCUT2D eigenvalue weighted by atomic mass is 16.2. The number of carbonyl (C=O) groups excluding carboxylic acids is 1. The third-order valence-electron chi connectivity index (χ3n) is 4.64. The second-order valence-electron chi connectivity index (χ2n) is 6.80. The van der Waals surface area contributed by atoms with E-state index in [1.165, 1.54) is 5.56 Å². The van der Waals surface area contributed by atoms with Crippen molar-refractivity contribution in [1.82, 2.24) is 10.6 Å². The molecule has 1 aliphatic rings. The number of aryl methyl sites for hydroxylation is 1. The molecule has 3 heteroatoms. The summed E-state index contributed by atoms with van der Waals surface area (Å²) in [6, 6.07) is 8.46. The van der Waals surface area contributed by atoms with Crippen molar-refractivity contribution in [1.29, 1.82) is 0 Å². The lowest BCUT2D eigenvalue weighted by molar-refractivity contribution is -0.127. The topological polar surface area (TPSA) is 41.1 Å². The molecule has 1 fully saturated rings. The van der Waals surface area contributed by atoms with Gasteiger partial charge in [-0.25, -0.2) is 0 Å². The lowest BCUT2D eigenvalue weighted by Gasteiger charge is -2.38. The van der Waals surface area contributed by atoms with E-state index >= 15 is 0 Å². The molecular weight excluding hydrogens is 260 g/mol. The van der Waals surface area contributed by atoms with Gasteiger partial charge in [0.15, 0.2) is 0 Å². The summed E-state index contributed by atoms with van der Waals surface area (Å²) in [6.07, 6.45) is 3.28. The highest BCUT2D eigenvalue weighted by Crippen LogP contribution is 2.30. The number of hydrogen-bond acceptors (Lipinski definition) is 2. The van der Waals surface area contributed by atoms with Gasteiger partial charge >= 0.3 is 0 Å². The second-order valence-corrected chi connectivity index (χ2v) is 6.80. The molecule has 3 nitrogen and oxygen atoms in total. The molecular formula is C18H28N2O. The third-order valence-corrected chi connectivity index (χ3v) is 4.64. The minimum absolute atomic E-state index is 0.0219. The van der Waals surface area contributed by atoms with Crippen LogP contribution in [0.4, 0.5) is 0 Å². The van der Waals surface area contributed by atoms with E-state index in [1.54, 1.807) is 0 Å². The molecule has 1 heterocycles. The Labute approximate surface area is 128 Å². The van der Waals surface area contributed by atoms with Crippen molar-refractivity contribution in [2.45, 2.75) is 59.0 Å². The van der Waals surface area contributed by atoms with E-state index in [2.05, 4.69) is 62.6 Å². The number of amides is 1. The van der Waals surface area contributed by atoms with Crippen LogP contribution in [0.1, 0.15) is 57.7 Å². The summed E-state index contributed by atoms with van der Waals surface area (Å²) < 4.78 is 0. The van der Waals surface area contributed by atoms with Gasteiger partial charge in [0, 0.05) is 0 Å². The second kappa shape index (κ2) is 6.61. The number of rotatable bonds is 4. The van der Waals surface area contributed by atoms with Crippen LogP contribution >= 0.6 is 0 Å². The van der Waals surface area contributed by atoms with Crippen molar-refractivity contribution in [2.75, 3.05) is 6.54 Å². The maximum atomic E-state index is 12.5. The van der Waals surface area contributed by atoms with Crippen LogP contribution in [0.15, 0.2) is 24.3 Å². The lowest BCUT2D eigenvalue weighted by atomic mass is 9.77. The summed E-state index contributed by atoms with van der Waals surface area (Å²) in [5.74, 6) is 0.117. The largest absolute Gasteiger partial charge is 0.348 e. The third kappa shape index (κ3) is 3.85. The van der Waals surface area contributed by atoms with Crippen molar-refractivity contribution in [2.24, 2.45) is 5.41 Å². The van der Waals surface area contributed by atoms with E-state index in [4.69, 9.17) is 0 Å². The molecule has 0 spiro atoms. The Hall–Kier alpha value is -1.35. The van der Waals surface area contributed by atoms with E-state index in [0.717, 1.165) is 31.4 Å². The summed E-state index contributed by atoms with van der Waals surface area (Å²) in [6.45, 7) is 9.47. The van der Waals surface area contributed by atoms with Crippen LogP contribution in [0.2, 0.25) is 0 Å². The van der Waals surface area contributed by atoms with Crippen LogP contribution in [0.3, 0.4) is 0 Å². The number of benzene rings is 1. The summed E-state index contributed by atoms with van der Waals surface area (Å²) in [7, 11) is 0. The zero-order valence-corrected chi connectivity index (χ0v) is 13.7. The van der Waals surface area contributed by atoms with E-state index in [9.17, 15) is 4.79 Å². The quantitative estimate of drug-likeness (QED) is 0.893. The molecule has 2 N–H and O–H groups in total. The average molecular weight is 288 g/mol. The van der Waals surface area contributed by atoms with E-state index in [0.29, 0.717) is 0 Å². The Bertz CT molecular complexity index is 478. The van der Waals surface area contributed by atoms with Gasteiger partial charge in [0.25, 0.3) is 0 Å². The van der Waals surface area contributed by atoms with E-state index in [-0.39, 0.29) is 23.4 Å². The normalized spacial score (nSPS) is 22.6. The Morgan fingerprint density at radius 1 is 1.38 bits per heavy atom.